The monoisotopic (exact) mass is 291 g/mol. The van der Waals surface area contributed by atoms with E-state index in [0.29, 0.717) is 12.2 Å². The maximum absolute atomic E-state index is 12.0. The lowest BCUT2D eigenvalue weighted by molar-refractivity contribution is -0.147. The number of amides is 1. The topological polar surface area (TPSA) is 109 Å². The van der Waals surface area contributed by atoms with E-state index >= 15 is 0 Å². The quantitative estimate of drug-likeness (QED) is 0.837. The number of aliphatic carboxylic acids is 1. The maximum atomic E-state index is 12.0. The third kappa shape index (κ3) is 3.15. The molecule has 8 heteroatoms. The van der Waals surface area contributed by atoms with Crippen LogP contribution in [0.4, 0.5) is 0 Å². The summed E-state index contributed by atoms with van der Waals surface area (Å²) < 4.78 is 1.48. The first-order valence-corrected chi connectivity index (χ1v) is 6.51. The van der Waals surface area contributed by atoms with Crippen LogP contribution >= 0.6 is 0 Å². The highest BCUT2D eigenvalue weighted by atomic mass is 16.4. The molecule has 0 aliphatic rings. The van der Waals surface area contributed by atoms with Crippen molar-refractivity contribution in [3.8, 4) is 0 Å². The number of hydrogen-bond donors (Lipinski definition) is 2. The van der Waals surface area contributed by atoms with Crippen LogP contribution in [0.2, 0.25) is 0 Å². The molecule has 0 unspecified atom stereocenters. The highest BCUT2D eigenvalue weighted by molar-refractivity contribution is 5.90. The minimum atomic E-state index is -0.901. The number of nitrogens with one attached hydrogen (secondary N) is 1. The molecule has 0 saturated carbocycles. The minimum Gasteiger partial charge on any atom is -0.481 e. The molecule has 0 atom stereocenters. The SMILES string of the molecule is Cc1ccnc2nc(C(=O)NCCC(C)(C)C(=O)O)nn12. The van der Waals surface area contributed by atoms with Crippen molar-refractivity contribution in [3.05, 3.63) is 23.8 Å². The Morgan fingerprint density at radius 2 is 2.14 bits per heavy atom. The number of carbonyl (C=O) groups is 2. The zero-order chi connectivity index (χ0) is 15.6. The molecular weight excluding hydrogens is 274 g/mol. The smallest absolute Gasteiger partial charge is 0.309 e. The van der Waals surface area contributed by atoms with Crippen molar-refractivity contribution in [2.24, 2.45) is 5.41 Å². The fourth-order valence-corrected chi connectivity index (χ4v) is 1.68. The van der Waals surface area contributed by atoms with Gasteiger partial charge < -0.3 is 10.4 Å². The van der Waals surface area contributed by atoms with Gasteiger partial charge in [-0.05, 0) is 33.3 Å². The molecule has 2 aromatic rings. The molecule has 0 radical (unpaired) electrons. The molecule has 0 aliphatic heterocycles. The van der Waals surface area contributed by atoms with Crippen LogP contribution in [0.25, 0.3) is 5.78 Å². The van der Waals surface area contributed by atoms with Crippen LogP contribution in [-0.2, 0) is 4.79 Å². The van der Waals surface area contributed by atoms with E-state index in [1.165, 1.54) is 4.52 Å². The summed E-state index contributed by atoms with van der Waals surface area (Å²) in [6, 6.07) is 1.76. The summed E-state index contributed by atoms with van der Waals surface area (Å²) in [6.07, 6.45) is 1.91. The maximum Gasteiger partial charge on any atom is 0.309 e. The summed E-state index contributed by atoms with van der Waals surface area (Å²) in [4.78, 5) is 31.0. The second kappa shape index (κ2) is 5.47. The standard InChI is InChI=1S/C13H17N5O3/c1-8-4-6-15-12-16-9(17-18(8)12)10(19)14-7-5-13(2,3)11(20)21/h4,6H,5,7H2,1-3H3,(H,14,19)(H,20,21). The van der Waals surface area contributed by atoms with Crippen LogP contribution < -0.4 is 5.32 Å². The van der Waals surface area contributed by atoms with Gasteiger partial charge in [-0.1, -0.05) is 0 Å². The number of carbonyl (C=O) groups excluding carboxylic acids is 1. The molecule has 2 rings (SSSR count). The van der Waals surface area contributed by atoms with Gasteiger partial charge in [0.1, 0.15) is 0 Å². The van der Waals surface area contributed by atoms with E-state index in [2.05, 4.69) is 20.4 Å². The van der Waals surface area contributed by atoms with Gasteiger partial charge >= 0.3 is 5.97 Å². The number of fused-ring (bicyclic) bond motifs is 1. The zero-order valence-electron chi connectivity index (χ0n) is 12.1. The Morgan fingerprint density at radius 1 is 1.43 bits per heavy atom. The van der Waals surface area contributed by atoms with Crippen LogP contribution in [0.15, 0.2) is 12.3 Å². The fourth-order valence-electron chi connectivity index (χ4n) is 1.68. The first-order valence-electron chi connectivity index (χ1n) is 6.51. The molecule has 0 saturated heterocycles. The number of aryl methyl sites for hydroxylation is 1. The van der Waals surface area contributed by atoms with E-state index in [0.717, 1.165) is 5.69 Å². The van der Waals surface area contributed by atoms with Crippen molar-refractivity contribution >= 4 is 17.7 Å². The number of carboxylic acids is 1. The highest BCUT2D eigenvalue weighted by Gasteiger charge is 2.27. The van der Waals surface area contributed by atoms with Crippen molar-refractivity contribution in [2.45, 2.75) is 27.2 Å². The van der Waals surface area contributed by atoms with E-state index in [1.54, 1.807) is 26.1 Å². The molecule has 0 aliphatic carbocycles. The molecule has 112 valence electrons. The van der Waals surface area contributed by atoms with E-state index in [-0.39, 0.29) is 12.4 Å². The van der Waals surface area contributed by atoms with Crippen molar-refractivity contribution in [1.82, 2.24) is 24.9 Å². The third-order valence-electron chi connectivity index (χ3n) is 3.25. The minimum absolute atomic E-state index is 0.0185. The van der Waals surface area contributed by atoms with E-state index in [1.807, 2.05) is 6.92 Å². The summed E-state index contributed by atoms with van der Waals surface area (Å²) in [7, 11) is 0. The Morgan fingerprint density at radius 3 is 2.76 bits per heavy atom. The Balaban J connectivity index is 2.03. The molecule has 0 aromatic carbocycles. The average molecular weight is 291 g/mol. The summed E-state index contributed by atoms with van der Waals surface area (Å²) in [5, 5.41) is 15.7. The van der Waals surface area contributed by atoms with E-state index in [9.17, 15) is 9.59 Å². The largest absolute Gasteiger partial charge is 0.481 e. The number of aromatic nitrogens is 4. The van der Waals surface area contributed by atoms with Crippen molar-refractivity contribution in [2.75, 3.05) is 6.54 Å². The number of carboxylic acid groups (broad SMARTS) is 1. The summed E-state index contributed by atoms with van der Waals surface area (Å²) in [5.74, 6) is -0.973. The molecule has 2 heterocycles. The lowest BCUT2D eigenvalue weighted by Gasteiger charge is -2.18. The van der Waals surface area contributed by atoms with Gasteiger partial charge in [0.2, 0.25) is 5.82 Å². The van der Waals surface area contributed by atoms with Gasteiger partial charge in [0, 0.05) is 18.4 Å². The van der Waals surface area contributed by atoms with Crippen molar-refractivity contribution in [3.63, 3.8) is 0 Å². The molecule has 0 fully saturated rings. The average Bonchev–Trinajstić information content (AvgIpc) is 2.83. The van der Waals surface area contributed by atoms with Gasteiger partial charge in [0.25, 0.3) is 11.7 Å². The number of hydrogen-bond acceptors (Lipinski definition) is 5. The van der Waals surface area contributed by atoms with Gasteiger partial charge in [-0.2, -0.15) is 4.98 Å². The van der Waals surface area contributed by atoms with Crippen LogP contribution in [-0.4, -0.2) is 43.1 Å². The summed E-state index contributed by atoms with van der Waals surface area (Å²) >= 11 is 0. The molecular formula is C13H17N5O3. The molecule has 2 aromatic heterocycles. The van der Waals surface area contributed by atoms with Crippen molar-refractivity contribution in [1.29, 1.82) is 0 Å². The summed E-state index contributed by atoms with van der Waals surface area (Å²) in [5.41, 5.74) is -0.0730. The Labute approximate surface area is 121 Å². The normalized spacial score (nSPS) is 11.6. The molecule has 0 spiro atoms. The lowest BCUT2D eigenvalue weighted by Crippen LogP contribution is -2.32. The first-order chi connectivity index (χ1) is 9.81. The van der Waals surface area contributed by atoms with Gasteiger partial charge in [-0.25, -0.2) is 9.50 Å². The fraction of sp³-hybridized carbons (Fsp3) is 0.462. The van der Waals surface area contributed by atoms with Crippen molar-refractivity contribution < 1.29 is 14.7 Å². The summed E-state index contributed by atoms with van der Waals surface area (Å²) in [6.45, 7) is 5.29. The highest BCUT2D eigenvalue weighted by Crippen LogP contribution is 2.19. The predicted molar refractivity (Wildman–Crippen MR) is 73.9 cm³/mol. The zero-order valence-corrected chi connectivity index (χ0v) is 12.1. The third-order valence-corrected chi connectivity index (χ3v) is 3.25. The van der Waals surface area contributed by atoms with Crippen LogP contribution in [0.5, 0.6) is 0 Å². The second-order valence-electron chi connectivity index (χ2n) is 5.43. The van der Waals surface area contributed by atoms with Gasteiger partial charge in [-0.3, -0.25) is 9.59 Å². The predicted octanol–water partition coefficient (Wildman–Crippen LogP) is 0.663. The van der Waals surface area contributed by atoms with Gasteiger partial charge in [0.05, 0.1) is 5.41 Å². The molecule has 21 heavy (non-hydrogen) atoms. The lowest BCUT2D eigenvalue weighted by atomic mass is 9.90. The van der Waals surface area contributed by atoms with Crippen LogP contribution in [0, 0.1) is 12.3 Å². The molecule has 2 N–H and O–H groups in total. The molecule has 0 bridgehead atoms. The second-order valence-corrected chi connectivity index (χ2v) is 5.43. The Kier molecular flexibility index (Phi) is 3.88. The molecule has 1 amide bonds. The molecule has 8 nitrogen and oxygen atoms in total. The Bertz CT molecular complexity index is 692. The van der Waals surface area contributed by atoms with E-state index < -0.39 is 17.3 Å². The number of nitrogens with zero attached hydrogens (tertiary/aromatic N) is 4. The van der Waals surface area contributed by atoms with Gasteiger partial charge in [0.15, 0.2) is 0 Å². The van der Waals surface area contributed by atoms with Crippen LogP contribution in [0.3, 0.4) is 0 Å². The van der Waals surface area contributed by atoms with Gasteiger partial charge in [-0.15, -0.1) is 5.10 Å². The van der Waals surface area contributed by atoms with Crippen LogP contribution in [0.1, 0.15) is 36.6 Å². The number of rotatable bonds is 5. The Hall–Kier alpha value is -2.51. The van der Waals surface area contributed by atoms with E-state index in [4.69, 9.17) is 5.11 Å². The first kappa shape index (κ1) is 14.9.